The van der Waals surface area contributed by atoms with Crippen molar-refractivity contribution in [3.05, 3.63) is 39.9 Å². The van der Waals surface area contributed by atoms with Gasteiger partial charge in [0.05, 0.1) is 17.2 Å². The number of carboxylic acid groups (broad SMARTS) is 1. The van der Waals surface area contributed by atoms with E-state index in [2.05, 4.69) is 5.32 Å². The lowest BCUT2D eigenvalue weighted by molar-refractivity contribution is -0.112. The molecule has 0 saturated heterocycles. The number of aromatic nitrogens is 1. The van der Waals surface area contributed by atoms with Crippen LogP contribution < -0.4 is 16.5 Å². The van der Waals surface area contributed by atoms with Gasteiger partial charge >= 0.3 is 5.97 Å². The molecule has 0 bridgehead atoms. The molecular formula is C19H19F2N3O4. The minimum Gasteiger partial charge on any atom is -0.477 e. The molecule has 0 spiro atoms. The molecule has 1 aromatic heterocycles. The minimum absolute atomic E-state index is 0.0527. The van der Waals surface area contributed by atoms with Gasteiger partial charge in [0.25, 0.3) is 0 Å². The summed E-state index contributed by atoms with van der Waals surface area (Å²) in [6.07, 6.45) is 2.37. The molecule has 1 heterocycles. The van der Waals surface area contributed by atoms with Crippen molar-refractivity contribution in [1.82, 2.24) is 4.57 Å². The summed E-state index contributed by atoms with van der Waals surface area (Å²) in [6, 6.07) is 1.23. The normalized spacial score (nSPS) is 23.2. The van der Waals surface area contributed by atoms with Crippen LogP contribution in [0.1, 0.15) is 35.7 Å². The maximum Gasteiger partial charge on any atom is 0.341 e. The fraction of sp³-hybridized carbons (Fsp3) is 0.421. The van der Waals surface area contributed by atoms with Gasteiger partial charge in [-0.3, -0.25) is 4.79 Å². The van der Waals surface area contributed by atoms with Gasteiger partial charge in [-0.1, -0.05) is 0 Å². The Bertz CT molecular complexity index is 1050. The molecule has 28 heavy (non-hydrogen) atoms. The Hall–Kier alpha value is -2.81. The number of alkyl halides is 1. The highest BCUT2D eigenvalue weighted by atomic mass is 19.1. The lowest BCUT2D eigenvalue weighted by Gasteiger charge is -2.20. The van der Waals surface area contributed by atoms with Crippen LogP contribution in [-0.2, 0) is 4.79 Å². The number of nitrogens with two attached hydrogens (primary N) is 1. The maximum atomic E-state index is 14.6. The zero-order valence-corrected chi connectivity index (χ0v) is 14.8. The third-order valence-electron chi connectivity index (χ3n) is 5.70. The fourth-order valence-electron chi connectivity index (χ4n) is 3.52. The van der Waals surface area contributed by atoms with Gasteiger partial charge in [-0.25, -0.2) is 13.6 Å². The Balaban J connectivity index is 1.74. The molecule has 2 aromatic rings. The quantitative estimate of drug-likeness (QED) is 0.621. The monoisotopic (exact) mass is 391 g/mol. The molecule has 2 aliphatic carbocycles. The average molecular weight is 391 g/mol. The molecule has 3 atom stereocenters. The second kappa shape index (κ2) is 6.37. The van der Waals surface area contributed by atoms with Gasteiger partial charge in [-0.2, -0.15) is 0 Å². The Kier molecular flexibility index (Phi) is 4.22. The first-order valence-electron chi connectivity index (χ1n) is 8.99. The highest BCUT2D eigenvalue weighted by Gasteiger charge is 2.47. The number of benzene rings is 1. The third kappa shape index (κ3) is 2.95. The van der Waals surface area contributed by atoms with Crippen LogP contribution in [0.25, 0.3) is 10.9 Å². The summed E-state index contributed by atoms with van der Waals surface area (Å²) in [5.41, 5.74) is 4.40. The largest absolute Gasteiger partial charge is 0.477 e. The van der Waals surface area contributed by atoms with Crippen LogP contribution >= 0.6 is 0 Å². The fourth-order valence-corrected chi connectivity index (χ4v) is 3.52. The van der Waals surface area contributed by atoms with Crippen molar-refractivity contribution in [2.24, 2.45) is 11.1 Å². The molecule has 7 nitrogen and oxygen atoms in total. The van der Waals surface area contributed by atoms with Gasteiger partial charge in [-0.15, -0.1) is 0 Å². The first kappa shape index (κ1) is 18.5. The van der Waals surface area contributed by atoms with Crippen LogP contribution in [-0.4, -0.2) is 40.7 Å². The minimum atomic E-state index is -1.45. The summed E-state index contributed by atoms with van der Waals surface area (Å²) < 4.78 is 29.6. The van der Waals surface area contributed by atoms with E-state index in [0.29, 0.717) is 12.8 Å². The number of aldehydes is 1. The molecule has 2 aliphatic rings. The van der Waals surface area contributed by atoms with Crippen LogP contribution in [0.15, 0.2) is 23.1 Å². The number of hydrogen-bond donors (Lipinski definition) is 3. The molecule has 2 saturated carbocycles. The van der Waals surface area contributed by atoms with Crippen LogP contribution in [0.4, 0.5) is 14.5 Å². The topological polar surface area (TPSA) is 114 Å². The first-order chi connectivity index (χ1) is 13.3. The van der Waals surface area contributed by atoms with Gasteiger partial charge in [0.1, 0.15) is 23.8 Å². The predicted octanol–water partition coefficient (Wildman–Crippen LogP) is 1.84. The molecule has 1 aromatic carbocycles. The van der Waals surface area contributed by atoms with Crippen molar-refractivity contribution >= 4 is 28.8 Å². The Labute approximate surface area is 158 Å². The number of carbonyl (C=O) groups is 2. The van der Waals surface area contributed by atoms with Crippen molar-refractivity contribution in [2.75, 3.05) is 11.9 Å². The summed E-state index contributed by atoms with van der Waals surface area (Å²) in [6.45, 7) is 0.147. The van der Waals surface area contributed by atoms with E-state index in [9.17, 15) is 28.3 Å². The van der Waals surface area contributed by atoms with Crippen molar-refractivity contribution < 1.29 is 23.5 Å². The first-order valence-corrected chi connectivity index (χ1v) is 8.99. The van der Waals surface area contributed by atoms with Crippen LogP contribution in [0, 0.1) is 11.2 Å². The SMILES string of the molecule is N[C@@H](CNc1cc2c(cc1F)c(=O)c(C(=O)O)cn2[C@@H]1C[C@@H]1F)C1(C=O)CC1. The van der Waals surface area contributed by atoms with E-state index in [4.69, 9.17) is 5.73 Å². The van der Waals surface area contributed by atoms with E-state index in [1.807, 2.05) is 0 Å². The lowest BCUT2D eigenvalue weighted by atomic mass is 9.99. The molecule has 4 N–H and O–H groups in total. The summed E-state index contributed by atoms with van der Waals surface area (Å²) >= 11 is 0. The number of carboxylic acids is 1. The van der Waals surface area contributed by atoms with E-state index < -0.39 is 46.4 Å². The third-order valence-corrected chi connectivity index (χ3v) is 5.70. The number of hydrogen-bond acceptors (Lipinski definition) is 5. The number of halogens is 2. The summed E-state index contributed by atoms with van der Waals surface area (Å²) in [7, 11) is 0. The number of pyridine rings is 1. The molecule has 0 amide bonds. The second-order valence-corrected chi connectivity index (χ2v) is 7.59. The van der Waals surface area contributed by atoms with E-state index in [1.165, 1.54) is 10.6 Å². The lowest BCUT2D eigenvalue weighted by Crippen LogP contribution is -2.39. The van der Waals surface area contributed by atoms with Gasteiger partial charge < -0.3 is 25.5 Å². The van der Waals surface area contributed by atoms with Gasteiger partial charge in [0.15, 0.2) is 0 Å². The number of carbonyl (C=O) groups excluding carboxylic acids is 1. The van der Waals surface area contributed by atoms with E-state index >= 15 is 0 Å². The Morgan fingerprint density at radius 2 is 2.14 bits per heavy atom. The number of anilines is 1. The number of nitrogens with one attached hydrogen (secondary N) is 1. The highest BCUT2D eigenvalue weighted by Crippen LogP contribution is 2.46. The number of rotatable bonds is 7. The van der Waals surface area contributed by atoms with Crippen molar-refractivity contribution in [3.63, 3.8) is 0 Å². The summed E-state index contributed by atoms with van der Waals surface area (Å²) in [5, 5.41) is 12.0. The summed E-state index contributed by atoms with van der Waals surface area (Å²) in [5.74, 6) is -2.21. The summed E-state index contributed by atoms with van der Waals surface area (Å²) in [4.78, 5) is 34.9. The maximum absolute atomic E-state index is 14.6. The molecule has 4 rings (SSSR count). The van der Waals surface area contributed by atoms with Crippen LogP contribution in [0.3, 0.4) is 0 Å². The highest BCUT2D eigenvalue weighted by molar-refractivity contribution is 5.93. The average Bonchev–Trinajstić information content (AvgIpc) is 3.57. The van der Waals surface area contributed by atoms with E-state index in [-0.39, 0.29) is 29.6 Å². The number of nitrogens with zero attached hydrogens (tertiary/aromatic N) is 1. The Morgan fingerprint density at radius 1 is 1.46 bits per heavy atom. The smallest absolute Gasteiger partial charge is 0.341 e. The van der Waals surface area contributed by atoms with Crippen LogP contribution in [0.5, 0.6) is 0 Å². The van der Waals surface area contributed by atoms with E-state index in [0.717, 1.165) is 18.5 Å². The van der Waals surface area contributed by atoms with Gasteiger partial charge in [-0.05, 0) is 25.0 Å². The molecule has 0 aliphatic heterocycles. The van der Waals surface area contributed by atoms with Gasteiger partial charge in [0, 0.05) is 36.0 Å². The van der Waals surface area contributed by atoms with Crippen molar-refractivity contribution in [1.29, 1.82) is 0 Å². The van der Waals surface area contributed by atoms with Gasteiger partial charge in [0.2, 0.25) is 5.43 Å². The van der Waals surface area contributed by atoms with Crippen LogP contribution in [0.2, 0.25) is 0 Å². The Morgan fingerprint density at radius 3 is 2.68 bits per heavy atom. The molecule has 0 radical (unpaired) electrons. The van der Waals surface area contributed by atoms with Crippen molar-refractivity contribution in [3.8, 4) is 0 Å². The van der Waals surface area contributed by atoms with E-state index in [1.54, 1.807) is 0 Å². The molecule has 0 unspecified atom stereocenters. The number of aromatic carboxylic acids is 1. The predicted molar refractivity (Wildman–Crippen MR) is 97.9 cm³/mol. The molecule has 9 heteroatoms. The molecule has 148 valence electrons. The number of fused-ring (bicyclic) bond motifs is 1. The standard InChI is InChI=1S/C19H19F2N3O4/c20-11-3-9-14(5-13(11)23-6-16(22)19(8-25)1-2-19)24(15-4-12(15)21)7-10(17(9)26)18(27)28/h3,5,7-8,12,15-16,23H,1-2,4,6,22H2,(H,27,28)/t12-,15+,16-/m0/s1. The molecule has 2 fully saturated rings. The van der Waals surface area contributed by atoms with Crippen molar-refractivity contribution in [2.45, 2.75) is 37.5 Å². The second-order valence-electron chi connectivity index (χ2n) is 7.59. The zero-order valence-electron chi connectivity index (χ0n) is 14.8. The zero-order chi connectivity index (χ0) is 20.2. The molecular weight excluding hydrogens is 372 g/mol.